The molecule has 2 saturated heterocycles. The zero-order chi connectivity index (χ0) is 74.7. The van der Waals surface area contributed by atoms with Gasteiger partial charge >= 0.3 is 24.1 Å². The minimum atomic E-state index is -1.87. The Balaban J connectivity index is 0.000000237. The molecule has 11 rings (SSSR count). The number of fused-ring (bicyclic) bond motifs is 10. The second kappa shape index (κ2) is 28.1. The van der Waals surface area contributed by atoms with Gasteiger partial charge in [-0.05, 0) is 132 Å². The van der Waals surface area contributed by atoms with E-state index in [0.717, 1.165) is 5.56 Å². The number of aliphatic hydroxyl groups excluding tert-OH is 5. The van der Waals surface area contributed by atoms with Gasteiger partial charge in [-0.3, -0.25) is 14.3 Å². The normalized spacial score (nSPS) is 36.9. The van der Waals surface area contributed by atoms with Gasteiger partial charge in [0.05, 0.1) is 78.4 Å². The van der Waals surface area contributed by atoms with E-state index in [1.165, 1.54) is 0 Å². The third kappa shape index (κ3) is 13.4. The van der Waals surface area contributed by atoms with Gasteiger partial charge in [-0.25, -0.2) is 19.2 Å². The van der Waals surface area contributed by atoms with Crippen LogP contribution in [0.3, 0.4) is 0 Å². The Morgan fingerprint density at radius 1 is 0.559 bits per heavy atom. The summed E-state index contributed by atoms with van der Waals surface area (Å²) < 4.78 is 41.4. The molecule has 3 aromatic rings. The molecule has 102 heavy (non-hydrogen) atoms. The molecule has 3 aromatic carbocycles. The van der Waals surface area contributed by atoms with Gasteiger partial charge in [-0.2, -0.15) is 0 Å². The number of alkyl carbamates (subject to hydrolysis) is 2. The lowest BCUT2D eigenvalue weighted by atomic mass is 9.40. The number of benzene rings is 3. The number of amides is 2. The summed E-state index contributed by atoms with van der Waals surface area (Å²) >= 11 is 0. The second-order valence-corrected chi connectivity index (χ2v) is 34.0. The van der Waals surface area contributed by atoms with E-state index in [2.05, 4.69) is 10.6 Å². The first-order valence-corrected chi connectivity index (χ1v) is 35.5. The Labute approximate surface area is 598 Å². The third-order valence-electron chi connectivity index (χ3n) is 25.1. The van der Waals surface area contributed by atoms with E-state index >= 15 is 0 Å². The lowest BCUT2D eigenvalue weighted by Gasteiger charge is -2.68. The van der Waals surface area contributed by atoms with Gasteiger partial charge in [0.1, 0.15) is 35.6 Å². The SMILES string of the molecule is CC1=C2[C@@H](O)C(=O)[C@@]3(C)C([C@H](C)[C@](O)(C[C@@H]1OC(=O)[C@H](O)[C@@H](NC(=O)OC(C)(C)C)c1ccccc1)C2(C)C)[C@]1(C)CO[C@@H]1C[C@@H]3O.CC1=C2[C@@H](O)C(=O)[C@@]3(C)C([C@H](C)[C@](O)(C[C@@H]1OC(=O)[C@H](OCc1ccccc1)[C@@H](NC(=O)OC(C)(C)C)c1ccccc1)C2(C)C)[C@]1(C)CO[C@@H]1C[C@@H]3O.F. The number of aliphatic hydroxyl groups is 7. The molecule has 2 heterocycles. The van der Waals surface area contributed by atoms with E-state index in [9.17, 15) is 64.5 Å². The Hall–Kier alpha value is -6.51. The fraction of sp³-hybridized carbons (Fsp3) is 0.646. The molecule has 6 fully saturated rings. The van der Waals surface area contributed by atoms with Crippen molar-refractivity contribution >= 4 is 35.7 Å². The number of nitrogens with one attached hydrogen (secondary N) is 2. The Morgan fingerprint density at radius 3 is 1.27 bits per heavy atom. The van der Waals surface area contributed by atoms with Crippen molar-refractivity contribution in [2.24, 2.45) is 56.2 Å². The van der Waals surface area contributed by atoms with Crippen molar-refractivity contribution in [3.63, 3.8) is 0 Å². The second-order valence-electron chi connectivity index (χ2n) is 34.0. The maximum Gasteiger partial charge on any atom is 0.408 e. The van der Waals surface area contributed by atoms with Crippen LogP contribution in [0.2, 0.25) is 0 Å². The fourth-order valence-electron chi connectivity index (χ4n) is 19.6. The highest BCUT2D eigenvalue weighted by molar-refractivity contribution is 5.94. The smallest absolute Gasteiger partial charge is 0.408 e. The molecule has 6 aliphatic carbocycles. The number of halogens is 1. The van der Waals surface area contributed by atoms with Crippen molar-refractivity contribution in [2.45, 2.75) is 252 Å². The highest BCUT2D eigenvalue weighted by atomic mass is 19.0. The van der Waals surface area contributed by atoms with Crippen LogP contribution in [0.5, 0.6) is 0 Å². The van der Waals surface area contributed by atoms with Crippen molar-refractivity contribution in [3.8, 4) is 0 Å². The van der Waals surface area contributed by atoms with Crippen LogP contribution in [0.1, 0.15) is 179 Å². The molecule has 23 heteroatoms. The first kappa shape index (κ1) is 79.6. The molecule has 2 aliphatic heterocycles. The van der Waals surface area contributed by atoms with Gasteiger partial charge in [-0.15, -0.1) is 0 Å². The van der Waals surface area contributed by atoms with Crippen LogP contribution in [0.15, 0.2) is 113 Å². The molecule has 2 amide bonds. The first-order chi connectivity index (χ1) is 46.8. The standard InChI is InChI=1S/C43H57NO10.C36H51NO10.FH/c1-24-28(21-43(50)25(2)35-41(8)23-52-30(41)20-29(45)42(35,9)36(47)33(46)31(24)40(43,6)7)53-37(48)34(51-22-26-16-12-10-13-17-26)32(27-18-14-11-15-19-27)44-38(49)54-39(3,4)5;1-18-21(46-30(42)27(40)25(20-13-11-10-12-14-20)37-31(43)47-32(3,4)5)16-36(44)19(2)28-34(8)17-45-23(34)15-22(38)35(28,9)29(41)26(39)24(18)33(36,6)7;/h10-19,25,28-30,32-35,45-46,50H,20-23H2,1-9H3,(H,44,49);10-14,19,21-23,25-28,38-40,44H,15-17H2,1-9H3,(H,37,43);1H/t25-,28-,29-,30+,32-,33+,34+,35?,41+,42+,43+;19-,21-,22-,23+,25-,26+,27+,28?,34+,35+,36+;/m00./s1. The average molecular weight is 1430 g/mol. The van der Waals surface area contributed by atoms with Gasteiger partial charge in [0.15, 0.2) is 23.8 Å². The molecular weight excluding hydrogens is 1320 g/mol. The molecule has 2 unspecified atom stereocenters. The molecule has 0 spiro atoms. The van der Waals surface area contributed by atoms with Crippen LogP contribution in [0, 0.1) is 56.2 Å². The zero-order valence-electron chi connectivity index (χ0n) is 62.2. The Morgan fingerprint density at radius 2 is 0.912 bits per heavy atom. The predicted molar refractivity (Wildman–Crippen MR) is 373 cm³/mol. The largest absolute Gasteiger partial charge is 0.456 e. The monoisotopic (exact) mass is 1420 g/mol. The predicted octanol–water partition coefficient (Wildman–Crippen LogP) is 9.13. The van der Waals surface area contributed by atoms with Gasteiger partial charge in [-0.1, -0.05) is 146 Å². The third-order valence-corrected chi connectivity index (χ3v) is 25.1. The van der Waals surface area contributed by atoms with Crippen molar-refractivity contribution < 1.29 is 102 Å². The van der Waals surface area contributed by atoms with Crippen molar-refractivity contribution in [1.29, 1.82) is 0 Å². The summed E-state index contributed by atoms with van der Waals surface area (Å²) in [6, 6.07) is 24.4. The summed E-state index contributed by atoms with van der Waals surface area (Å²) in [6.07, 6.45) is -12.9. The van der Waals surface area contributed by atoms with Crippen LogP contribution >= 0.6 is 0 Å². The molecule has 0 aromatic heterocycles. The van der Waals surface area contributed by atoms with Crippen LogP contribution in [-0.4, -0.2) is 168 Å². The molecule has 4 saturated carbocycles. The molecule has 22 atom stereocenters. The number of hydrogen-bond acceptors (Lipinski definition) is 20. The Kier molecular flexibility index (Phi) is 21.9. The van der Waals surface area contributed by atoms with Crippen LogP contribution in [-0.2, 0) is 58.9 Å². The van der Waals surface area contributed by atoms with Crippen LogP contribution < -0.4 is 10.6 Å². The summed E-state index contributed by atoms with van der Waals surface area (Å²) in [5, 5.41) is 89.7. The summed E-state index contributed by atoms with van der Waals surface area (Å²) in [6.45, 7) is 32.7. The fourth-order valence-corrected chi connectivity index (χ4v) is 19.6. The summed E-state index contributed by atoms with van der Waals surface area (Å²) in [4.78, 5) is 83.5. The maximum absolute atomic E-state index is 14.7. The van der Waals surface area contributed by atoms with Crippen LogP contribution in [0.4, 0.5) is 14.3 Å². The van der Waals surface area contributed by atoms with Gasteiger partial charge in [0.25, 0.3) is 0 Å². The average Bonchev–Trinajstić information content (AvgIpc) is 0.681. The molecule has 4 bridgehead atoms. The van der Waals surface area contributed by atoms with Crippen molar-refractivity contribution in [2.75, 3.05) is 13.2 Å². The highest BCUT2D eigenvalue weighted by Gasteiger charge is 2.75. The number of ether oxygens (including phenoxy) is 7. The number of rotatable bonds is 13. The summed E-state index contributed by atoms with van der Waals surface area (Å²) in [5.41, 5.74) is -7.93. The number of hydrogen-bond donors (Lipinski definition) is 9. The molecule has 9 N–H and O–H groups in total. The lowest BCUT2D eigenvalue weighted by molar-refractivity contribution is -0.302. The summed E-state index contributed by atoms with van der Waals surface area (Å²) in [7, 11) is 0. The molecule has 0 radical (unpaired) electrons. The molecular formula is C79H109FN2O20. The molecule has 22 nitrogen and oxygen atoms in total. The quantitative estimate of drug-likeness (QED) is 0.0437. The van der Waals surface area contributed by atoms with E-state index in [-0.39, 0.29) is 60.3 Å². The molecule has 562 valence electrons. The number of ketones is 2. The lowest BCUT2D eigenvalue weighted by Crippen LogP contribution is -2.75. The maximum atomic E-state index is 14.7. The minimum absolute atomic E-state index is 0. The van der Waals surface area contributed by atoms with Crippen molar-refractivity contribution in [3.05, 3.63) is 130 Å². The highest BCUT2D eigenvalue weighted by Crippen LogP contribution is 2.69. The minimum Gasteiger partial charge on any atom is -0.456 e. The van der Waals surface area contributed by atoms with E-state index in [4.69, 9.17) is 33.2 Å². The zero-order valence-corrected chi connectivity index (χ0v) is 62.2. The van der Waals surface area contributed by atoms with E-state index < -0.39 is 175 Å². The molecule has 8 aliphatic rings. The van der Waals surface area contributed by atoms with Gasteiger partial charge < -0.3 is 79.5 Å². The summed E-state index contributed by atoms with van der Waals surface area (Å²) in [5.74, 6) is -5.33. The first-order valence-electron chi connectivity index (χ1n) is 35.5. The number of carbonyl (C=O) groups excluding carboxylic acids is 6. The Bertz CT molecular complexity index is 3700. The van der Waals surface area contributed by atoms with E-state index in [1.807, 2.05) is 77.9 Å². The number of esters is 2. The van der Waals surface area contributed by atoms with Crippen LogP contribution in [0.25, 0.3) is 0 Å². The van der Waals surface area contributed by atoms with E-state index in [0.29, 0.717) is 35.5 Å². The number of carbonyl (C=O) groups is 6. The van der Waals surface area contributed by atoms with E-state index in [1.54, 1.807) is 138 Å². The van der Waals surface area contributed by atoms with Gasteiger partial charge in [0.2, 0.25) is 0 Å². The van der Waals surface area contributed by atoms with Crippen molar-refractivity contribution in [1.82, 2.24) is 10.6 Å². The van der Waals surface area contributed by atoms with Gasteiger partial charge in [0, 0.05) is 47.3 Å². The number of Topliss-reactive ketones (excluding diaryl/α,β-unsaturated/α-hetero) is 2. The topological polar surface area (TPSA) is 333 Å².